The van der Waals surface area contributed by atoms with Crippen molar-refractivity contribution in [3.63, 3.8) is 0 Å². The molecule has 0 fully saturated rings. The van der Waals surface area contributed by atoms with Crippen LogP contribution in [0.2, 0.25) is 0 Å². The fourth-order valence-corrected chi connectivity index (χ4v) is 21.1. The van der Waals surface area contributed by atoms with Gasteiger partial charge in [0.15, 0.2) is 0 Å². The summed E-state index contributed by atoms with van der Waals surface area (Å²) in [4.78, 5) is 3.19. The van der Waals surface area contributed by atoms with Crippen molar-refractivity contribution in [1.82, 2.24) is 0 Å². The van der Waals surface area contributed by atoms with Gasteiger partial charge in [-0.15, -0.1) is 0 Å². The van der Waals surface area contributed by atoms with Crippen LogP contribution in [0, 0.1) is 0 Å². The molecular formula is C20H8S4Se2. The van der Waals surface area contributed by atoms with Gasteiger partial charge in [-0.05, 0) is 0 Å². The molecule has 5 heterocycles. The van der Waals surface area contributed by atoms with Crippen LogP contribution >= 0.6 is 45.3 Å². The standard InChI is InChI=1S/C20H8S4Se2/c1-3-7-11-9(5-1)13-15(21-11)19-17(23-13)18-20(26-25-19)16-14(24-18)10-6-2-4-8-12(10)22-16/h1-8H. The van der Waals surface area contributed by atoms with Gasteiger partial charge in [0, 0.05) is 0 Å². The van der Waals surface area contributed by atoms with Crippen molar-refractivity contribution in [3.05, 3.63) is 48.5 Å². The Bertz CT molecular complexity index is 1380. The van der Waals surface area contributed by atoms with Crippen molar-refractivity contribution in [3.8, 4) is 9.75 Å². The minimum absolute atomic E-state index is 0.610. The Morgan fingerprint density at radius 2 is 0.962 bits per heavy atom. The van der Waals surface area contributed by atoms with Crippen LogP contribution < -0.4 is 8.92 Å². The van der Waals surface area contributed by atoms with Crippen LogP contribution in [0.15, 0.2) is 48.5 Å². The summed E-state index contributed by atoms with van der Waals surface area (Å²) in [5, 5.41) is 2.92. The molecule has 0 aliphatic carbocycles. The van der Waals surface area contributed by atoms with Gasteiger partial charge in [0.1, 0.15) is 0 Å². The molecular weight excluding hydrogens is 526 g/mol. The topological polar surface area (TPSA) is 0 Å². The van der Waals surface area contributed by atoms with E-state index in [0.717, 1.165) is 0 Å². The Morgan fingerprint density at radius 3 is 1.46 bits per heavy atom. The van der Waals surface area contributed by atoms with Crippen molar-refractivity contribution >= 4 is 120 Å². The SMILES string of the molecule is c1ccc2c(c1)sc1c3c(sc12)-c1sc2c(sc4ccccc42)c1[Se][Se]3. The molecule has 0 spiro atoms. The maximum atomic E-state index is 2.30. The van der Waals surface area contributed by atoms with E-state index in [1.54, 1.807) is 28.1 Å². The minimum atomic E-state index is 0.610. The summed E-state index contributed by atoms with van der Waals surface area (Å²) in [5.74, 6) is 0. The Morgan fingerprint density at radius 1 is 0.500 bits per heavy atom. The van der Waals surface area contributed by atoms with Crippen molar-refractivity contribution in [2.45, 2.75) is 0 Å². The molecule has 7 rings (SSSR count). The molecule has 0 bridgehead atoms. The molecule has 0 N–H and O–H groups in total. The van der Waals surface area contributed by atoms with E-state index in [2.05, 4.69) is 71.2 Å². The van der Waals surface area contributed by atoms with E-state index in [-0.39, 0.29) is 0 Å². The third kappa shape index (κ3) is 1.89. The van der Waals surface area contributed by atoms with Gasteiger partial charge in [0.2, 0.25) is 0 Å². The first-order valence-corrected chi connectivity index (χ1v) is 17.4. The quantitative estimate of drug-likeness (QED) is 0.216. The van der Waals surface area contributed by atoms with Crippen LogP contribution in [0.3, 0.4) is 0 Å². The van der Waals surface area contributed by atoms with Gasteiger partial charge in [0.05, 0.1) is 0 Å². The molecule has 2 aromatic carbocycles. The predicted molar refractivity (Wildman–Crippen MR) is 124 cm³/mol. The van der Waals surface area contributed by atoms with Crippen LogP contribution in [0.1, 0.15) is 0 Å². The van der Waals surface area contributed by atoms with E-state index in [1.165, 1.54) is 29.6 Å². The van der Waals surface area contributed by atoms with Gasteiger partial charge in [-0.25, -0.2) is 0 Å². The summed E-state index contributed by atoms with van der Waals surface area (Å²) in [6.45, 7) is 0. The number of hydrogen-bond donors (Lipinski definition) is 0. The molecule has 6 heteroatoms. The van der Waals surface area contributed by atoms with Crippen LogP contribution in [-0.2, 0) is 0 Å². The average Bonchev–Trinajstić information content (AvgIpc) is 3.38. The van der Waals surface area contributed by atoms with E-state index in [9.17, 15) is 0 Å². The van der Waals surface area contributed by atoms with Gasteiger partial charge in [0.25, 0.3) is 0 Å². The predicted octanol–water partition coefficient (Wildman–Crippen LogP) is 5.80. The Hall–Kier alpha value is -0.681. The Labute approximate surface area is 176 Å². The third-order valence-electron chi connectivity index (χ3n) is 4.75. The van der Waals surface area contributed by atoms with Gasteiger partial charge in [-0.3, -0.25) is 0 Å². The number of rotatable bonds is 0. The molecule has 0 saturated carbocycles. The Kier molecular flexibility index (Phi) is 3.19. The molecule has 124 valence electrons. The number of hydrogen-bond acceptors (Lipinski definition) is 4. The second-order valence-corrected chi connectivity index (χ2v) is 16.4. The van der Waals surface area contributed by atoms with E-state index in [1.807, 2.05) is 22.7 Å². The summed E-state index contributed by atoms with van der Waals surface area (Å²) < 4.78 is 12.5. The zero-order valence-corrected chi connectivity index (χ0v) is 19.8. The molecule has 0 atom stereocenters. The van der Waals surface area contributed by atoms with E-state index < -0.39 is 0 Å². The zero-order chi connectivity index (χ0) is 16.8. The van der Waals surface area contributed by atoms with Gasteiger partial charge in [-0.2, -0.15) is 0 Å². The van der Waals surface area contributed by atoms with Crippen molar-refractivity contribution < 1.29 is 0 Å². The van der Waals surface area contributed by atoms with Crippen LogP contribution in [-0.4, -0.2) is 26.3 Å². The second kappa shape index (κ2) is 5.44. The molecule has 0 saturated heterocycles. The first-order valence-electron chi connectivity index (χ1n) is 8.11. The normalized spacial score (nSPS) is 13.8. The van der Waals surface area contributed by atoms with E-state index >= 15 is 0 Å². The molecule has 0 unspecified atom stereocenters. The monoisotopic (exact) mass is 536 g/mol. The fraction of sp³-hybridized carbons (Fsp3) is 0. The molecule has 4 aromatic heterocycles. The van der Waals surface area contributed by atoms with E-state index in [4.69, 9.17) is 0 Å². The zero-order valence-electron chi connectivity index (χ0n) is 13.1. The molecule has 26 heavy (non-hydrogen) atoms. The van der Waals surface area contributed by atoms with Gasteiger partial charge >= 0.3 is 178 Å². The number of thiophene rings is 4. The van der Waals surface area contributed by atoms with Gasteiger partial charge in [-0.1, -0.05) is 0 Å². The molecule has 1 aliphatic heterocycles. The fourth-order valence-electron chi connectivity index (χ4n) is 3.58. The van der Waals surface area contributed by atoms with Gasteiger partial charge < -0.3 is 0 Å². The molecule has 6 aromatic rings. The van der Waals surface area contributed by atoms with E-state index in [0.29, 0.717) is 26.3 Å². The summed E-state index contributed by atoms with van der Waals surface area (Å²) in [6, 6.07) is 17.9. The summed E-state index contributed by atoms with van der Waals surface area (Å²) in [7, 11) is 0. The van der Waals surface area contributed by atoms with Crippen molar-refractivity contribution in [2.75, 3.05) is 0 Å². The second-order valence-electron chi connectivity index (χ2n) is 6.20. The molecule has 1 aliphatic rings. The summed E-state index contributed by atoms with van der Waals surface area (Å²) in [6.07, 6.45) is 0. The Balaban J connectivity index is 1.58. The van der Waals surface area contributed by atoms with Crippen molar-refractivity contribution in [1.29, 1.82) is 0 Å². The first kappa shape index (κ1) is 15.3. The molecule has 0 nitrogen and oxygen atoms in total. The summed E-state index contributed by atoms with van der Waals surface area (Å²) in [5.41, 5.74) is 0. The number of fused-ring (bicyclic) bond motifs is 11. The average molecular weight is 534 g/mol. The summed E-state index contributed by atoms with van der Waals surface area (Å²) >= 11 is 9.35. The molecule has 0 amide bonds. The maximum absolute atomic E-state index is 2.30. The third-order valence-corrected chi connectivity index (χ3v) is 18.3. The number of benzene rings is 2. The first-order chi connectivity index (χ1) is 12.9. The molecule has 0 radical (unpaired) electrons. The van der Waals surface area contributed by atoms with Crippen molar-refractivity contribution in [2.24, 2.45) is 0 Å². The van der Waals surface area contributed by atoms with Crippen LogP contribution in [0.4, 0.5) is 0 Å². The van der Waals surface area contributed by atoms with Crippen LogP contribution in [0.25, 0.3) is 48.7 Å². The van der Waals surface area contributed by atoms with Crippen LogP contribution in [0.5, 0.6) is 0 Å².